The average Bonchev–Trinajstić information content (AvgIpc) is 2.27. The maximum Gasteiger partial charge on any atom is 0.421 e. The maximum atomic E-state index is 12.4. The zero-order valence-corrected chi connectivity index (χ0v) is 10.1. The normalized spacial score (nSPS) is 11.3. The molecule has 0 saturated heterocycles. The number of carbonyl (C=O) groups is 1. The van der Waals surface area contributed by atoms with E-state index in [1.54, 1.807) is 0 Å². The lowest BCUT2D eigenvalue weighted by Gasteiger charge is -2.10. The van der Waals surface area contributed by atoms with Gasteiger partial charge in [-0.15, -0.1) is 0 Å². The highest BCUT2D eigenvalue weighted by molar-refractivity contribution is 7.80. The van der Waals surface area contributed by atoms with Crippen LogP contribution in [0, 0.1) is 0 Å². The van der Waals surface area contributed by atoms with Crippen molar-refractivity contribution >= 4 is 18.5 Å². The summed E-state index contributed by atoms with van der Waals surface area (Å²) in [6.45, 7) is -0.161. The van der Waals surface area contributed by atoms with Crippen LogP contribution in [0.5, 0.6) is 0 Å². The number of halogens is 3. The summed E-state index contributed by atoms with van der Waals surface area (Å²) < 4.78 is 38.1. The van der Waals surface area contributed by atoms with Crippen molar-refractivity contribution in [2.75, 3.05) is 12.3 Å². The molecule has 0 radical (unpaired) electrons. The number of alkyl halides is 3. The van der Waals surface area contributed by atoms with E-state index < -0.39 is 29.8 Å². The summed E-state index contributed by atoms with van der Waals surface area (Å²) in [6.07, 6.45) is -3.58. The minimum atomic E-state index is -4.72. The molecule has 0 aliphatic carbocycles. The molecule has 1 aromatic heterocycles. The smallest absolute Gasteiger partial charge is 0.354 e. The first-order chi connectivity index (χ1) is 8.36. The molecule has 0 spiro atoms. The first kappa shape index (κ1) is 14.6. The van der Waals surface area contributed by atoms with E-state index in [0.717, 1.165) is 16.8 Å². The summed E-state index contributed by atoms with van der Waals surface area (Å²) in [5.74, 6) is -0.131. The van der Waals surface area contributed by atoms with Crippen molar-refractivity contribution in [3.63, 3.8) is 0 Å². The Morgan fingerprint density at radius 3 is 2.67 bits per heavy atom. The number of hydrogen-bond donors (Lipinski definition) is 2. The van der Waals surface area contributed by atoms with Crippen LogP contribution in [0.3, 0.4) is 0 Å². The Bertz CT molecular complexity index is 485. The second kappa shape index (κ2) is 5.94. The molecule has 1 heterocycles. The van der Waals surface area contributed by atoms with Crippen LogP contribution in [0.1, 0.15) is 5.56 Å². The van der Waals surface area contributed by atoms with Gasteiger partial charge in [0.15, 0.2) is 0 Å². The Morgan fingerprint density at radius 1 is 1.44 bits per heavy atom. The Labute approximate surface area is 106 Å². The third-order valence-corrected chi connectivity index (χ3v) is 2.30. The van der Waals surface area contributed by atoms with Crippen molar-refractivity contribution in [3.05, 3.63) is 34.2 Å². The van der Waals surface area contributed by atoms with Crippen LogP contribution in [0.4, 0.5) is 13.2 Å². The van der Waals surface area contributed by atoms with E-state index in [1.807, 2.05) is 0 Å². The molecule has 1 aromatic rings. The first-order valence-corrected chi connectivity index (χ1v) is 5.63. The fourth-order valence-electron chi connectivity index (χ4n) is 1.28. The summed E-state index contributed by atoms with van der Waals surface area (Å²) in [7, 11) is 0. The summed E-state index contributed by atoms with van der Waals surface area (Å²) in [5, 5.41) is 2.41. The molecule has 0 unspecified atom stereocenters. The van der Waals surface area contributed by atoms with Crippen LogP contribution in [0.15, 0.2) is 23.1 Å². The average molecular weight is 280 g/mol. The van der Waals surface area contributed by atoms with Gasteiger partial charge in [0.05, 0.1) is 0 Å². The quantitative estimate of drug-likeness (QED) is 0.806. The van der Waals surface area contributed by atoms with Gasteiger partial charge in [-0.25, -0.2) is 0 Å². The molecule has 0 bridgehead atoms. The van der Waals surface area contributed by atoms with Crippen molar-refractivity contribution in [3.8, 4) is 0 Å². The number of hydrogen-bond acceptors (Lipinski definition) is 3. The van der Waals surface area contributed by atoms with Gasteiger partial charge in [0.2, 0.25) is 5.91 Å². The molecule has 4 nitrogen and oxygen atoms in total. The van der Waals surface area contributed by atoms with E-state index in [4.69, 9.17) is 0 Å². The van der Waals surface area contributed by atoms with E-state index in [2.05, 4.69) is 17.9 Å². The third-order valence-electron chi connectivity index (χ3n) is 2.07. The SMILES string of the molecule is O=C(Cn1cccc(C(F)(F)F)c1=O)NCCS. The van der Waals surface area contributed by atoms with Gasteiger partial charge in [-0.1, -0.05) is 0 Å². The van der Waals surface area contributed by atoms with Crippen LogP contribution >= 0.6 is 12.6 Å². The number of nitrogens with zero attached hydrogens (tertiary/aromatic N) is 1. The Morgan fingerprint density at radius 2 is 2.11 bits per heavy atom. The minimum absolute atomic E-state index is 0.287. The zero-order chi connectivity index (χ0) is 13.8. The van der Waals surface area contributed by atoms with Crippen LogP contribution < -0.4 is 10.9 Å². The van der Waals surface area contributed by atoms with Gasteiger partial charge in [0.1, 0.15) is 12.1 Å². The summed E-state index contributed by atoms with van der Waals surface area (Å²) in [5.41, 5.74) is -2.52. The number of thiol groups is 1. The minimum Gasteiger partial charge on any atom is -0.354 e. The van der Waals surface area contributed by atoms with Crippen LogP contribution in [-0.2, 0) is 17.5 Å². The van der Waals surface area contributed by atoms with Crippen molar-refractivity contribution in [2.24, 2.45) is 0 Å². The molecule has 0 aliphatic heterocycles. The van der Waals surface area contributed by atoms with E-state index in [9.17, 15) is 22.8 Å². The van der Waals surface area contributed by atoms with E-state index >= 15 is 0 Å². The summed E-state index contributed by atoms with van der Waals surface area (Å²) in [6, 6.07) is 1.76. The topological polar surface area (TPSA) is 51.1 Å². The molecular weight excluding hydrogens is 269 g/mol. The summed E-state index contributed by atoms with van der Waals surface area (Å²) in [4.78, 5) is 22.8. The highest BCUT2D eigenvalue weighted by atomic mass is 32.1. The second-order valence-electron chi connectivity index (χ2n) is 3.43. The highest BCUT2D eigenvalue weighted by Crippen LogP contribution is 2.25. The van der Waals surface area contributed by atoms with Gasteiger partial charge in [-0.2, -0.15) is 25.8 Å². The first-order valence-electron chi connectivity index (χ1n) is 5.00. The molecule has 1 N–H and O–H groups in total. The number of rotatable bonds is 4. The van der Waals surface area contributed by atoms with Gasteiger partial charge < -0.3 is 9.88 Å². The van der Waals surface area contributed by atoms with Crippen molar-refractivity contribution in [1.82, 2.24) is 9.88 Å². The lowest BCUT2D eigenvalue weighted by Crippen LogP contribution is -2.35. The van der Waals surface area contributed by atoms with Gasteiger partial charge in [0.25, 0.3) is 5.56 Å². The molecule has 8 heteroatoms. The molecule has 0 fully saturated rings. The van der Waals surface area contributed by atoms with Crippen LogP contribution in [-0.4, -0.2) is 22.8 Å². The standard InChI is InChI=1S/C10H11F3N2O2S/c11-10(12,13)7-2-1-4-15(9(7)17)6-8(16)14-3-5-18/h1-2,4,18H,3,5-6H2,(H,14,16). The van der Waals surface area contributed by atoms with E-state index in [0.29, 0.717) is 11.8 Å². The molecule has 0 aromatic carbocycles. The molecule has 0 aliphatic rings. The lowest BCUT2D eigenvalue weighted by molar-refractivity contribution is -0.139. The monoisotopic (exact) mass is 280 g/mol. The summed E-state index contributed by atoms with van der Waals surface area (Å²) >= 11 is 3.86. The Kier molecular flexibility index (Phi) is 4.83. The Hall–Kier alpha value is -1.44. The number of carbonyl (C=O) groups excluding carboxylic acids is 1. The van der Waals surface area contributed by atoms with E-state index in [-0.39, 0.29) is 6.54 Å². The second-order valence-corrected chi connectivity index (χ2v) is 3.87. The highest BCUT2D eigenvalue weighted by Gasteiger charge is 2.34. The van der Waals surface area contributed by atoms with E-state index in [1.165, 1.54) is 0 Å². The van der Waals surface area contributed by atoms with Gasteiger partial charge >= 0.3 is 6.18 Å². The predicted molar refractivity (Wildman–Crippen MR) is 62.6 cm³/mol. The molecule has 18 heavy (non-hydrogen) atoms. The van der Waals surface area contributed by atoms with Gasteiger partial charge in [-0.3, -0.25) is 9.59 Å². The molecule has 100 valence electrons. The zero-order valence-electron chi connectivity index (χ0n) is 9.20. The maximum absolute atomic E-state index is 12.4. The van der Waals surface area contributed by atoms with Crippen LogP contribution in [0.25, 0.3) is 0 Å². The number of amides is 1. The van der Waals surface area contributed by atoms with Crippen LogP contribution in [0.2, 0.25) is 0 Å². The van der Waals surface area contributed by atoms with Gasteiger partial charge in [0, 0.05) is 18.5 Å². The number of pyridine rings is 1. The third kappa shape index (κ3) is 3.80. The van der Waals surface area contributed by atoms with Gasteiger partial charge in [-0.05, 0) is 12.1 Å². The number of nitrogens with one attached hydrogen (secondary N) is 1. The molecule has 0 saturated carbocycles. The lowest BCUT2D eigenvalue weighted by atomic mass is 10.2. The van der Waals surface area contributed by atoms with Crippen molar-refractivity contribution in [2.45, 2.75) is 12.7 Å². The molecule has 0 atom stereocenters. The largest absolute Gasteiger partial charge is 0.421 e. The fourth-order valence-corrected chi connectivity index (χ4v) is 1.39. The molecular formula is C10H11F3N2O2S. The fraction of sp³-hybridized carbons (Fsp3) is 0.400. The van der Waals surface area contributed by atoms with Crippen molar-refractivity contribution in [1.29, 1.82) is 0 Å². The Balaban J connectivity index is 2.92. The van der Waals surface area contributed by atoms with Crippen molar-refractivity contribution < 1.29 is 18.0 Å². The molecule has 1 amide bonds. The molecule has 1 rings (SSSR count). The predicted octanol–water partition coefficient (Wildman–Crippen LogP) is 0.913. The number of aromatic nitrogens is 1.